The number of carbonyl (C=O) groups is 2. The van der Waals surface area contributed by atoms with Crippen LogP contribution in [0.1, 0.15) is 31.2 Å². The van der Waals surface area contributed by atoms with Crippen molar-refractivity contribution in [3.05, 3.63) is 39.1 Å². The number of hydrogen-bond acceptors (Lipinski definition) is 4. The molecular weight excluding hydrogens is 421 g/mol. The van der Waals surface area contributed by atoms with Crippen molar-refractivity contribution >= 4 is 40.2 Å². The van der Waals surface area contributed by atoms with Crippen molar-refractivity contribution in [2.45, 2.75) is 32.6 Å². The monoisotopic (exact) mass is 441 g/mol. The molecule has 3 N–H and O–H groups in total. The molecule has 128 valence electrons. The molecule has 1 aromatic rings. The fraction of sp³-hybridized carbons (Fsp3) is 0.353. The fourth-order valence-electron chi connectivity index (χ4n) is 1.96. The molecule has 0 unspecified atom stereocenters. The molecule has 24 heavy (non-hydrogen) atoms. The maximum Gasteiger partial charge on any atom is 0.303 e. The average Bonchev–Trinajstić information content (AvgIpc) is 2.52. The third-order valence-corrected chi connectivity index (χ3v) is 3.95. The van der Waals surface area contributed by atoms with Crippen LogP contribution in [0.2, 0.25) is 0 Å². The Kier molecular flexibility index (Phi) is 8.86. The van der Waals surface area contributed by atoms with Crippen LogP contribution in [0.25, 0.3) is 0 Å². The van der Waals surface area contributed by atoms with Crippen LogP contribution >= 0.6 is 22.6 Å². The maximum atomic E-state index is 11.9. The van der Waals surface area contributed by atoms with Gasteiger partial charge in [0.2, 0.25) is 0 Å². The molecule has 1 rings (SSSR count). The number of carboxylic acids is 1. The zero-order chi connectivity index (χ0) is 17.9. The van der Waals surface area contributed by atoms with Crippen molar-refractivity contribution in [3.63, 3.8) is 0 Å². The molecule has 0 saturated heterocycles. The summed E-state index contributed by atoms with van der Waals surface area (Å²) in [5.41, 5.74) is 1.86. The SMILES string of the molecule is Cc1cc(I)ccc1N/C=C(/C#N)C(=O)NCCCCCC(=O)O. The van der Waals surface area contributed by atoms with Crippen molar-refractivity contribution in [2.24, 2.45) is 0 Å². The van der Waals surface area contributed by atoms with E-state index < -0.39 is 11.9 Å². The van der Waals surface area contributed by atoms with Gasteiger partial charge in [-0.3, -0.25) is 9.59 Å². The van der Waals surface area contributed by atoms with E-state index in [0.717, 1.165) is 21.2 Å². The van der Waals surface area contributed by atoms with Gasteiger partial charge in [-0.05, 0) is 66.1 Å². The first kappa shape index (κ1) is 20.0. The Morgan fingerprint density at radius 1 is 1.33 bits per heavy atom. The Balaban J connectivity index is 2.45. The molecule has 1 amide bonds. The molecule has 0 aliphatic heterocycles. The lowest BCUT2D eigenvalue weighted by atomic mass is 10.2. The number of amides is 1. The van der Waals surface area contributed by atoms with Crippen molar-refractivity contribution in [1.82, 2.24) is 5.32 Å². The number of nitrogens with zero attached hydrogens (tertiary/aromatic N) is 1. The molecule has 0 radical (unpaired) electrons. The number of aryl methyl sites for hydroxylation is 1. The van der Waals surface area contributed by atoms with Gasteiger partial charge in [-0.2, -0.15) is 5.26 Å². The molecule has 1 aromatic carbocycles. The number of benzene rings is 1. The summed E-state index contributed by atoms with van der Waals surface area (Å²) in [5.74, 6) is -1.25. The Hall–Kier alpha value is -2.08. The molecule has 0 aliphatic rings. The smallest absolute Gasteiger partial charge is 0.303 e. The number of anilines is 1. The van der Waals surface area contributed by atoms with E-state index in [1.807, 2.05) is 31.2 Å². The molecule has 0 aromatic heterocycles. The topological polar surface area (TPSA) is 102 Å². The number of rotatable bonds is 9. The molecule has 0 fully saturated rings. The summed E-state index contributed by atoms with van der Waals surface area (Å²) in [4.78, 5) is 22.3. The van der Waals surface area contributed by atoms with Crippen LogP contribution < -0.4 is 10.6 Å². The van der Waals surface area contributed by atoms with Crippen LogP contribution in [-0.2, 0) is 9.59 Å². The van der Waals surface area contributed by atoms with E-state index in [2.05, 4.69) is 33.2 Å². The number of nitriles is 1. The standard InChI is InChI=1S/C17H20IN3O3/c1-12-9-14(18)6-7-15(12)21-11-13(10-19)17(24)20-8-4-2-3-5-16(22)23/h6-7,9,11,21H,2-5,8H2,1H3,(H,20,24)(H,22,23)/b13-11-. The Labute approximate surface area is 155 Å². The van der Waals surface area contributed by atoms with Gasteiger partial charge in [0.05, 0.1) is 0 Å². The highest BCUT2D eigenvalue weighted by Crippen LogP contribution is 2.17. The molecule has 0 spiro atoms. The first-order valence-corrected chi connectivity index (χ1v) is 8.65. The van der Waals surface area contributed by atoms with E-state index >= 15 is 0 Å². The summed E-state index contributed by atoms with van der Waals surface area (Å²) in [6.07, 6.45) is 3.52. The minimum atomic E-state index is -0.814. The number of unbranched alkanes of at least 4 members (excludes halogenated alkanes) is 2. The minimum Gasteiger partial charge on any atom is -0.481 e. The van der Waals surface area contributed by atoms with Crippen molar-refractivity contribution in [1.29, 1.82) is 5.26 Å². The second-order valence-corrected chi connectivity index (χ2v) is 6.48. The first-order valence-electron chi connectivity index (χ1n) is 7.57. The van der Waals surface area contributed by atoms with Gasteiger partial charge in [-0.15, -0.1) is 0 Å². The van der Waals surface area contributed by atoms with Gasteiger partial charge < -0.3 is 15.7 Å². The zero-order valence-electron chi connectivity index (χ0n) is 13.4. The molecule has 0 heterocycles. The molecule has 6 nitrogen and oxygen atoms in total. The van der Waals surface area contributed by atoms with Crippen molar-refractivity contribution in [3.8, 4) is 6.07 Å². The predicted molar refractivity (Wildman–Crippen MR) is 100 cm³/mol. The van der Waals surface area contributed by atoms with Gasteiger partial charge in [0.15, 0.2) is 0 Å². The molecule has 0 atom stereocenters. The molecule has 0 bridgehead atoms. The van der Waals surface area contributed by atoms with E-state index in [9.17, 15) is 9.59 Å². The van der Waals surface area contributed by atoms with Crippen LogP contribution in [0.5, 0.6) is 0 Å². The number of nitrogens with one attached hydrogen (secondary N) is 2. The van der Waals surface area contributed by atoms with Gasteiger partial charge in [0, 0.05) is 28.4 Å². The van der Waals surface area contributed by atoms with Crippen LogP contribution in [-0.4, -0.2) is 23.5 Å². The highest BCUT2D eigenvalue weighted by molar-refractivity contribution is 14.1. The zero-order valence-corrected chi connectivity index (χ0v) is 15.6. The summed E-state index contributed by atoms with van der Waals surface area (Å²) < 4.78 is 1.11. The van der Waals surface area contributed by atoms with Gasteiger partial charge in [0.1, 0.15) is 11.6 Å². The highest BCUT2D eigenvalue weighted by atomic mass is 127. The minimum absolute atomic E-state index is 0.00140. The maximum absolute atomic E-state index is 11.9. The van der Waals surface area contributed by atoms with Crippen LogP contribution in [0.3, 0.4) is 0 Å². The number of halogens is 1. The second-order valence-electron chi connectivity index (χ2n) is 5.23. The molecular formula is C17H20IN3O3. The van der Waals surface area contributed by atoms with E-state index in [1.54, 1.807) is 0 Å². The number of hydrogen-bond donors (Lipinski definition) is 3. The predicted octanol–water partition coefficient (Wildman–Crippen LogP) is 3.18. The quantitative estimate of drug-likeness (QED) is 0.237. The van der Waals surface area contributed by atoms with Gasteiger partial charge in [0.25, 0.3) is 5.91 Å². The van der Waals surface area contributed by atoms with E-state index in [4.69, 9.17) is 10.4 Å². The summed E-state index contributed by atoms with van der Waals surface area (Å²) >= 11 is 2.22. The Morgan fingerprint density at radius 3 is 2.71 bits per heavy atom. The number of aliphatic carboxylic acids is 1. The van der Waals surface area contributed by atoms with Crippen molar-refractivity contribution < 1.29 is 14.7 Å². The van der Waals surface area contributed by atoms with Gasteiger partial charge in [-0.1, -0.05) is 6.42 Å². The van der Waals surface area contributed by atoms with E-state index in [0.29, 0.717) is 19.4 Å². The number of carboxylic acid groups (broad SMARTS) is 1. The van der Waals surface area contributed by atoms with Crippen LogP contribution in [0.15, 0.2) is 30.0 Å². The van der Waals surface area contributed by atoms with Gasteiger partial charge in [-0.25, -0.2) is 0 Å². The van der Waals surface area contributed by atoms with E-state index in [-0.39, 0.29) is 12.0 Å². The molecule has 0 saturated carbocycles. The lowest BCUT2D eigenvalue weighted by Gasteiger charge is -2.07. The molecule has 7 heteroatoms. The fourth-order valence-corrected chi connectivity index (χ4v) is 2.61. The largest absolute Gasteiger partial charge is 0.481 e. The summed E-state index contributed by atoms with van der Waals surface area (Å²) in [7, 11) is 0. The molecule has 0 aliphatic carbocycles. The third kappa shape index (κ3) is 7.46. The van der Waals surface area contributed by atoms with Crippen LogP contribution in [0.4, 0.5) is 5.69 Å². The van der Waals surface area contributed by atoms with E-state index in [1.165, 1.54) is 6.20 Å². The number of carbonyl (C=O) groups excluding carboxylic acids is 1. The Morgan fingerprint density at radius 2 is 2.08 bits per heavy atom. The summed E-state index contributed by atoms with van der Waals surface area (Å²) in [6, 6.07) is 7.71. The van der Waals surface area contributed by atoms with Crippen molar-refractivity contribution in [2.75, 3.05) is 11.9 Å². The average molecular weight is 441 g/mol. The van der Waals surface area contributed by atoms with Gasteiger partial charge >= 0.3 is 5.97 Å². The normalized spacial score (nSPS) is 10.8. The second kappa shape index (κ2) is 10.6. The summed E-state index contributed by atoms with van der Waals surface area (Å²) in [6.45, 7) is 2.36. The Bertz CT molecular complexity index is 666. The van der Waals surface area contributed by atoms with Crippen LogP contribution in [0, 0.1) is 21.8 Å². The lowest BCUT2D eigenvalue weighted by molar-refractivity contribution is -0.137. The highest BCUT2D eigenvalue weighted by Gasteiger charge is 2.08. The lowest BCUT2D eigenvalue weighted by Crippen LogP contribution is -2.26. The first-order chi connectivity index (χ1) is 11.4. The third-order valence-electron chi connectivity index (χ3n) is 3.28. The summed E-state index contributed by atoms with van der Waals surface area (Å²) in [5, 5.41) is 23.3.